The number of nitrogen functional groups attached to an aromatic ring is 1. The molecule has 190 valence electrons. The molecule has 2 saturated heterocycles. The van der Waals surface area contributed by atoms with Crippen molar-refractivity contribution in [3.63, 3.8) is 0 Å². The summed E-state index contributed by atoms with van der Waals surface area (Å²) in [6.07, 6.45) is 2.93. The van der Waals surface area contributed by atoms with Crippen LogP contribution in [-0.4, -0.2) is 71.0 Å². The number of ether oxygens (including phenoxy) is 1. The minimum Gasteiger partial charge on any atom is -0.487 e. The van der Waals surface area contributed by atoms with Gasteiger partial charge in [0.1, 0.15) is 29.5 Å². The molecule has 2 amide bonds. The average Bonchev–Trinajstić information content (AvgIpc) is 3.13. The molecule has 1 atom stereocenters. The van der Waals surface area contributed by atoms with Crippen LogP contribution >= 0.6 is 0 Å². The summed E-state index contributed by atoms with van der Waals surface area (Å²) in [4.78, 5) is 35.8. The number of nitrogens with two attached hydrogens (primary N) is 1. The van der Waals surface area contributed by atoms with Gasteiger partial charge in [0.25, 0.3) is 5.91 Å². The molecule has 36 heavy (non-hydrogen) atoms. The quantitative estimate of drug-likeness (QED) is 0.517. The molecule has 5 rings (SSSR count). The zero-order chi connectivity index (χ0) is 25.8. The molecule has 0 saturated carbocycles. The van der Waals surface area contributed by atoms with Crippen LogP contribution in [0.25, 0.3) is 11.3 Å². The number of fused-ring (bicyclic) bond motifs is 2. The van der Waals surface area contributed by atoms with Crippen LogP contribution in [0.5, 0.6) is 5.75 Å². The zero-order valence-corrected chi connectivity index (χ0v) is 20.4. The lowest BCUT2D eigenvalue weighted by Crippen LogP contribution is -2.57. The van der Waals surface area contributed by atoms with Crippen LogP contribution in [0.4, 0.5) is 20.3 Å². The van der Waals surface area contributed by atoms with Gasteiger partial charge in [0.05, 0.1) is 11.6 Å². The largest absolute Gasteiger partial charge is 0.487 e. The Bertz CT molecular complexity index is 1240. The van der Waals surface area contributed by atoms with E-state index in [9.17, 15) is 14.0 Å². The third-order valence-electron chi connectivity index (χ3n) is 7.38. The number of pyridine rings is 1. The summed E-state index contributed by atoms with van der Waals surface area (Å²) in [6, 6.07) is 3.62. The van der Waals surface area contributed by atoms with Crippen LogP contribution in [0.2, 0.25) is 0 Å². The molecule has 0 bridgehead atoms. The van der Waals surface area contributed by atoms with E-state index in [-0.39, 0.29) is 65.2 Å². The smallest absolute Gasteiger partial charge is 0.262 e. The van der Waals surface area contributed by atoms with E-state index >= 15 is 4.39 Å². The summed E-state index contributed by atoms with van der Waals surface area (Å²) in [6.45, 7) is 8.98. The highest BCUT2D eigenvalue weighted by Crippen LogP contribution is 2.44. The zero-order valence-electron chi connectivity index (χ0n) is 20.4. The first-order valence-electron chi connectivity index (χ1n) is 12.0. The van der Waals surface area contributed by atoms with Crippen molar-refractivity contribution in [3.8, 4) is 17.0 Å². The van der Waals surface area contributed by atoms with Crippen molar-refractivity contribution in [2.24, 2.45) is 0 Å². The van der Waals surface area contributed by atoms with Gasteiger partial charge in [-0.3, -0.25) is 9.59 Å². The van der Waals surface area contributed by atoms with Gasteiger partial charge in [-0.2, -0.15) is 0 Å². The standard InChI is InChI=1S/C26H29F2N5O3/c1-4-18(34)31-11-12-32-15(13-31)14-36-23-20(25(32)35)24(33-10-6-9-26(33,2)3)30-22(21(23)28)19-16(27)7-5-8-17(19)29/h4-5,7-8,15H,1,6,9-14,29H2,2-3H3/t15-/m1/s1. The fourth-order valence-corrected chi connectivity index (χ4v) is 5.43. The number of carbonyl (C=O) groups is 2. The lowest BCUT2D eigenvalue weighted by molar-refractivity contribution is -0.128. The Morgan fingerprint density at radius 1 is 1.25 bits per heavy atom. The minimum atomic E-state index is -0.935. The fraction of sp³-hybridized carbons (Fsp3) is 0.423. The molecule has 8 nitrogen and oxygen atoms in total. The highest BCUT2D eigenvalue weighted by Gasteiger charge is 2.43. The number of piperazine rings is 1. The van der Waals surface area contributed by atoms with Gasteiger partial charge < -0.3 is 25.2 Å². The maximum atomic E-state index is 16.1. The summed E-state index contributed by atoms with van der Waals surface area (Å²) in [7, 11) is 0. The van der Waals surface area contributed by atoms with Crippen molar-refractivity contribution in [3.05, 3.63) is 48.1 Å². The number of carbonyl (C=O) groups excluding carboxylic acids is 2. The van der Waals surface area contributed by atoms with Gasteiger partial charge in [-0.05, 0) is 44.9 Å². The Hall–Kier alpha value is -3.69. The Kier molecular flexibility index (Phi) is 5.84. The molecule has 2 N–H and O–H groups in total. The number of hydrogen-bond acceptors (Lipinski definition) is 6. The first kappa shape index (κ1) is 24.0. The Morgan fingerprint density at radius 2 is 2.03 bits per heavy atom. The molecule has 2 fully saturated rings. The van der Waals surface area contributed by atoms with Gasteiger partial charge in [-0.15, -0.1) is 0 Å². The molecule has 0 unspecified atom stereocenters. The number of halogens is 2. The van der Waals surface area contributed by atoms with E-state index in [0.717, 1.165) is 12.8 Å². The Balaban J connectivity index is 1.69. The van der Waals surface area contributed by atoms with E-state index in [2.05, 4.69) is 11.6 Å². The minimum absolute atomic E-state index is 0.0205. The molecular formula is C26H29F2N5O3. The van der Waals surface area contributed by atoms with Gasteiger partial charge in [0.2, 0.25) is 5.91 Å². The van der Waals surface area contributed by atoms with E-state index < -0.39 is 23.6 Å². The topological polar surface area (TPSA) is 92.0 Å². The molecule has 3 aliphatic heterocycles. The van der Waals surface area contributed by atoms with Gasteiger partial charge in [-0.25, -0.2) is 13.8 Å². The molecule has 0 radical (unpaired) electrons. The summed E-state index contributed by atoms with van der Waals surface area (Å²) >= 11 is 0. The van der Waals surface area contributed by atoms with E-state index in [4.69, 9.17) is 10.5 Å². The summed E-state index contributed by atoms with van der Waals surface area (Å²) < 4.78 is 36.9. The number of anilines is 2. The van der Waals surface area contributed by atoms with E-state index in [1.165, 1.54) is 24.3 Å². The highest BCUT2D eigenvalue weighted by atomic mass is 19.1. The number of aromatic nitrogens is 1. The number of amides is 2. The number of nitrogens with zero attached hydrogens (tertiary/aromatic N) is 4. The first-order chi connectivity index (χ1) is 17.1. The Morgan fingerprint density at radius 3 is 2.69 bits per heavy atom. The monoisotopic (exact) mass is 497 g/mol. The SMILES string of the molecule is C=CC(=O)N1CCN2C(=O)c3c(N4CCCC4(C)C)nc(-c4c(N)cccc4F)c(F)c3OC[C@H]2C1. The maximum Gasteiger partial charge on any atom is 0.262 e. The summed E-state index contributed by atoms with van der Waals surface area (Å²) in [5.74, 6) is -2.33. The van der Waals surface area contributed by atoms with E-state index in [1.807, 2.05) is 18.7 Å². The van der Waals surface area contributed by atoms with Crippen molar-refractivity contribution in [1.82, 2.24) is 14.8 Å². The predicted octanol–water partition coefficient (Wildman–Crippen LogP) is 3.22. The van der Waals surface area contributed by atoms with Crippen molar-refractivity contribution in [2.75, 3.05) is 43.4 Å². The third kappa shape index (κ3) is 3.75. The van der Waals surface area contributed by atoms with Crippen LogP contribution in [0, 0.1) is 11.6 Å². The third-order valence-corrected chi connectivity index (χ3v) is 7.38. The fourth-order valence-electron chi connectivity index (χ4n) is 5.43. The second kappa shape index (κ2) is 8.76. The van der Waals surface area contributed by atoms with Crippen LogP contribution in [0.1, 0.15) is 37.0 Å². The van der Waals surface area contributed by atoms with Crippen LogP contribution in [-0.2, 0) is 4.79 Å². The molecule has 2 aromatic rings. The van der Waals surface area contributed by atoms with Gasteiger partial charge in [0, 0.05) is 37.4 Å². The van der Waals surface area contributed by atoms with Crippen molar-refractivity contribution >= 4 is 23.3 Å². The molecule has 0 aliphatic carbocycles. The summed E-state index contributed by atoms with van der Waals surface area (Å²) in [5, 5.41) is 0. The van der Waals surface area contributed by atoms with E-state index in [0.29, 0.717) is 13.1 Å². The van der Waals surface area contributed by atoms with Crippen LogP contribution in [0.3, 0.4) is 0 Å². The number of benzene rings is 1. The second-order valence-electron chi connectivity index (χ2n) is 10.0. The molecule has 4 heterocycles. The van der Waals surface area contributed by atoms with Crippen LogP contribution < -0.4 is 15.4 Å². The van der Waals surface area contributed by atoms with Gasteiger partial charge >= 0.3 is 0 Å². The maximum absolute atomic E-state index is 16.1. The molecule has 1 aromatic carbocycles. The predicted molar refractivity (Wildman–Crippen MR) is 132 cm³/mol. The van der Waals surface area contributed by atoms with Crippen molar-refractivity contribution in [1.29, 1.82) is 0 Å². The molecule has 10 heteroatoms. The lowest BCUT2D eigenvalue weighted by Gasteiger charge is -2.40. The number of hydrogen-bond donors (Lipinski definition) is 1. The lowest BCUT2D eigenvalue weighted by atomic mass is 10.00. The van der Waals surface area contributed by atoms with Crippen molar-refractivity contribution < 1.29 is 23.1 Å². The van der Waals surface area contributed by atoms with Crippen molar-refractivity contribution in [2.45, 2.75) is 38.3 Å². The van der Waals surface area contributed by atoms with Crippen LogP contribution in [0.15, 0.2) is 30.9 Å². The van der Waals surface area contributed by atoms with Gasteiger partial charge in [0.15, 0.2) is 11.6 Å². The molecule has 0 spiro atoms. The summed E-state index contributed by atoms with van der Waals surface area (Å²) in [5.41, 5.74) is 5.27. The number of rotatable bonds is 3. The van der Waals surface area contributed by atoms with E-state index in [1.54, 1.807) is 9.80 Å². The normalized spacial score (nSPS) is 20.9. The molecule has 3 aliphatic rings. The Labute approximate surface area is 208 Å². The highest BCUT2D eigenvalue weighted by molar-refractivity contribution is 6.03. The average molecular weight is 498 g/mol. The van der Waals surface area contributed by atoms with Gasteiger partial charge in [-0.1, -0.05) is 12.6 Å². The molecular weight excluding hydrogens is 468 g/mol. The first-order valence-corrected chi connectivity index (χ1v) is 12.0. The molecule has 1 aromatic heterocycles. The second-order valence-corrected chi connectivity index (χ2v) is 10.0.